The molecule has 0 radical (unpaired) electrons. The first-order valence-corrected chi connectivity index (χ1v) is 10.7. The van der Waals surface area contributed by atoms with Crippen molar-refractivity contribution in [3.05, 3.63) is 47.7 Å². The Bertz CT molecular complexity index is 903. The summed E-state index contributed by atoms with van der Waals surface area (Å²) < 4.78 is 2.26. The molecule has 2 saturated heterocycles. The van der Waals surface area contributed by atoms with Crippen LogP contribution >= 0.6 is 0 Å². The third kappa shape index (κ3) is 3.59. The number of piperidine rings is 1. The maximum atomic E-state index is 4.61. The Morgan fingerprint density at radius 1 is 1.00 bits per heavy atom. The van der Waals surface area contributed by atoms with Crippen LogP contribution in [0.5, 0.6) is 0 Å². The lowest BCUT2D eigenvalue weighted by Gasteiger charge is -2.31. The van der Waals surface area contributed by atoms with Gasteiger partial charge in [-0.25, -0.2) is 0 Å². The summed E-state index contributed by atoms with van der Waals surface area (Å²) in [5, 5.41) is 10.4. The average molecular weight is 379 g/mol. The Balaban J connectivity index is 1.27. The second-order valence-electron chi connectivity index (χ2n) is 8.47. The molecule has 3 aromatic rings. The van der Waals surface area contributed by atoms with Crippen molar-refractivity contribution in [2.24, 2.45) is 7.05 Å². The Morgan fingerprint density at radius 2 is 1.82 bits per heavy atom. The number of fused-ring (bicyclic) bond motifs is 1. The quantitative estimate of drug-likeness (QED) is 0.740. The van der Waals surface area contributed by atoms with E-state index in [0.717, 1.165) is 37.8 Å². The fourth-order valence-electron chi connectivity index (χ4n) is 4.88. The highest BCUT2D eigenvalue weighted by Gasteiger charge is 2.27. The van der Waals surface area contributed by atoms with E-state index in [9.17, 15) is 0 Å². The summed E-state index contributed by atoms with van der Waals surface area (Å²) in [7, 11) is 2.15. The Hall–Kier alpha value is -2.18. The molecule has 5 rings (SSSR count). The van der Waals surface area contributed by atoms with Crippen LogP contribution in [0.1, 0.15) is 48.9 Å². The zero-order valence-electron chi connectivity index (χ0n) is 16.8. The van der Waals surface area contributed by atoms with Crippen molar-refractivity contribution in [1.82, 2.24) is 29.5 Å². The van der Waals surface area contributed by atoms with Gasteiger partial charge in [0.25, 0.3) is 0 Å². The summed E-state index contributed by atoms with van der Waals surface area (Å²) >= 11 is 0. The van der Waals surface area contributed by atoms with Gasteiger partial charge in [0.05, 0.1) is 6.54 Å². The molecule has 1 unspecified atom stereocenters. The lowest BCUT2D eigenvalue weighted by molar-refractivity contribution is 0.193. The summed E-state index contributed by atoms with van der Waals surface area (Å²) in [6.07, 6.45) is 5.06. The van der Waals surface area contributed by atoms with Crippen molar-refractivity contribution >= 4 is 10.9 Å². The molecule has 2 aliphatic heterocycles. The molecule has 0 bridgehead atoms. The highest BCUT2D eigenvalue weighted by Crippen LogP contribution is 2.27. The summed E-state index contributed by atoms with van der Waals surface area (Å²) in [6.45, 7) is 6.53. The van der Waals surface area contributed by atoms with E-state index in [2.05, 4.69) is 66.9 Å². The van der Waals surface area contributed by atoms with E-state index in [1.54, 1.807) is 0 Å². The van der Waals surface area contributed by atoms with E-state index in [4.69, 9.17) is 0 Å². The molecule has 2 aliphatic rings. The molecule has 1 atom stereocenters. The molecule has 1 N–H and O–H groups in total. The number of aromatic amines is 1. The number of benzene rings is 1. The van der Waals surface area contributed by atoms with Crippen molar-refractivity contribution in [1.29, 1.82) is 0 Å². The minimum absolute atomic E-state index is 0.475. The van der Waals surface area contributed by atoms with Crippen LogP contribution in [0.25, 0.3) is 10.9 Å². The first kappa shape index (κ1) is 17.9. The SMILES string of the molecule is Cn1c(CN2CCCC2)nnc1C1CCCN(Cc2cc3ccccc3[nH]2)C1. The molecule has 6 heteroatoms. The van der Waals surface area contributed by atoms with Crippen LogP contribution in [0.4, 0.5) is 0 Å². The number of rotatable bonds is 5. The van der Waals surface area contributed by atoms with Crippen LogP contribution in [0.3, 0.4) is 0 Å². The highest BCUT2D eigenvalue weighted by atomic mass is 15.3. The molecular weight excluding hydrogens is 348 g/mol. The van der Waals surface area contributed by atoms with Gasteiger partial charge >= 0.3 is 0 Å². The van der Waals surface area contributed by atoms with E-state index in [1.165, 1.54) is 55.4 Å². The summed E-state index contributed by atoms with van der Waals surface area (Å²) in [6, 6.07) is 10.8. The zero-order valence-corrected chi connectivity index (χ0v) is 16.8. The molecular formula is C22H30N6. The maximum Gasteiger partial charge on any atom is 0.146 e. The van der Waals surface area contributed by atoms with E-state index >= 15 is 0 Å². The van der Waals surface area contributed by atoms with Crippen LogP contribution in [0.2, 0.25) is 0 Å². The minimum atomic E-state index is 0.475. The predicted molar refractivity (Wildman–Crippen MR) is 111 cm³/mol. The first-order chi connectivity index (χ1) is 13.8. The van der Waals surface area contributed by atoms with Crippen LogP contribution < -0.4 is 0 Å². The van der Waals surface area contributed by atoms with E-state index in [0.29, 0.717) is 5.92 Å². The second-order valence-corrected chi connectivity index (χ2v) is 8.47. The van der Waals surface area contributed by atoms with Gasteiger partial charge in [0.15, 0.2) is 0 Å². The smallest absolute Gasteiger partial charge is 0.146 e. The molecule has 0 saturated carbocycles. The summed E-state index contributed by atoms with van der Waals surface area (Å²) in [5.41, 5.74) is 2.53. The van der Waals surface area contributed by atoms with E-state index < -0.39 is 0 Å². The molecule has 0 amide bonds. The van der Waals surface area contributed by atoms with Gasteiger partial charge in [0.2, 0.25) is 0 Å². The molecule has 6 nitrogen and oxygen atoms in total. The standard InChI is InChI=1S/C22H30N6/c1-26-21(16-27-10-4-5-11-27)24-25-22(26)18-8-6-12-28(14-18)15-19-13-17-7-2-3-9-20(17)23-19/h2-3,7,9,13,18,23H,4-6,8,10-12,14-16H2,1H3. The number of aromatic nitrogens is 4. The Morgan fingerprint density at radius 3 is 2.68 bits per heavy atom. The van der Waals surface area contributed by atoms with Crippen LogP contribution in [-0.4, -0.2) is 55.7 Å². The van der Waals surface area contributed by atoms with Gasteiger partial charge in [-0.15, -0.1) is 10.2 Å². The van der Waals surface area contributed by atoms with Crippen molar-refractivity contribution in [3.8, 4) is 0 Å². The van der Waals surface area contributed by atoms with E-state index in [-0.39, 0.29) is 0 Å². The lowest BCUT2D eigenvalue weighted by Crippen LogP contribution is -2.35. The zero-order chi connectivity index (χ0) is 18.9. The Labute approximate surface area is 166 Å². The molecule has 0 aliphatic carbocycles. The molecule has 0 spiro atoms. The number of nitrogens with zero attached hydrogens (tertiary/aromatic N) is 5. The number of hydrogen-bond acceptors (Lipinski definition) is 4. The van der Waals surface area contributed by atoms with Gasteiger partial charge in [-0.2, -0.15) is 0 Å². The number of para-hydroxylation sites is 1. The molecule has 2 fully saturated rings. The van der Waals surface area contributed by atoms with Crippen LogP contribution in [0, 0.1) is 0 Å². The van der Waals surface area contributed by atoms with Crippen molar-refractivity contribution < 1.29 is 0 Å². The van der Waals surface area contributed by atoms with Gasteiger partial charge in [-0.3, -0.25) is 9.80 Å². The number of likely N-dealkylation sites (tertiary alicyclic amines) is 2. The number of nitrogens with one attached hydrogen (secondary N) is 1. The fourth-order valence-corrected chi connectivity index (χ4v) is 4.88. The molecule has 2 aromatic heterocycles. The second kappa shape index (κ2) is 7.68. The third-order valence-corrected chi connectivity index (χ3v) is 6.41. The number of H-pyrrole nitrogens is 1. The molecule has 148 valence electrons. The van der Waals surface area contributed by atoms with Crippen molar-refractivity contribution in [2.45, 2.75) is 44.7 Å². The predicted octanol–water partition coefficient (Wildman–Crippen LogP) is 3.27. The van der Waals surface area contributed by atoms with Crippen molar-refractivity contribution in [2.75, 3.05) is 26.2 Å². The normalized spacial score (nSPS) is 21.7. The Kier molecular flexibility index (Phi) is 4.91. The lowest BCUT2D eigenvalue weighted by atomic mass is 9.97. The summed E-state index contributed by atoms with van der Waals surface area (Å²) in [4.78, 5) is 8.63. The first-order valence-electron chi connectivity index (χ1n) is 10.7. The van der Waals surface area contributed by atoms with Crippen LogP contribution in [-0.2, 0) is 20.1 Å². The topological polar surface area (TPSA) is 53.0 Å². The minimum Gasteiger partial charge on any atom is -0.357 e. The highest BCUT2D eigenvalue weighted by molar-refractivity contribution is 5.80. The van der Waals surface area contributed by atoms with Gasteiger partial charge < -0.3 is 9.55 Å². The van der Waals surface area contributed by atoms with Crippen molar-refractivity contribution in [3.63, 3.8) is 0 Å². The van der Waals surface area contributed by atoms with Gasteiger partial charge in [0.1, 0.15) is 11.6 Å². The fraction of sp³-hybridized carbons (Fsp3) is 0.545. The average Bonchev–Trinajstić information content (AvgIpc) is 3.43. The molecule has 28 heavy (non-hydrogen) atoms. The van der Waals surface area contributed by atoms with Gasteiger partial charge in [0, 0.05) is 37.3 Å². The monoisotopic (exact) mass is 378 g/mol. The van der Waals surface area contributed by atoms with Crippen LogP contribution in [0.15, 0.2) is 30.3 Å². The third-order valence-electron chi connectivity index (χ3n) is 6.41. The van der Waals surface area contributed by atoms with Gasteiger partial charge in [-0.1, -0.05) is 18.2 Å². The van der Waals surface area contributed by atoms with E-state index in [1.807, 2.05) is 0 Å². The molecule has 4 heterocycles. The maximum absolute atomic E-state index is 4.61. The summed E-state index contributed by atoms with van der Waals surface area (Å²) in [5.74, 6) is 2.75. The largest absolute Gasteiger partial charge is 0.357 e. The molecule has 1 aromatic carbocycles. The van der Waals surface area contributed by atoms with Gasteiger partial charge in [-0.05, 0) is 62.8 Å². The number of hydrogen-bond donors (Lipinski definition) is 1.